The molecule has 1 saturated heterocycles. The van der Waals surface area contributed by atoms with Crippen LogP contribution in [0.1, 0.15) is 50.7 Å². The van der Waals surface area contributed by atoms with Crippen LogP contribution in [0.3, 0.4) is 0 Å². The van der Waals surface area contributed by atoms with Gasteiger partial charge in [-0.1, -0.05) is 35.9 Å². The summed E-state index contributed by atoms with van der Waals surface area (Å²) in [5.41, 5.74) is 5.90. The largest absolute Gasteiger partial charge is 0.444 e. The van der Waals surface area contributed by atoms with Crippen LogP contribution in [0.4, 0.5) is 16.3 Å². The highest BCUT2D eigenvalue weighted by Gasteiger charge is 2.27. The number of carbonyl (C=O) groups excluding carboxylic acids is 1. The lowest BCUT2D eigenvalue weighted by atomic mass is 9.89. The van der Waals surface area contributed by atoms with E-state index in [0.29, 0.717) is 19.0 Å². The second-order valence-corrected chi connectivity index (χ2v) is 10.5. The SMILES string of the molecule is Cc1cccc(-c2cnc(Nc3ccc(C4CCN(C(=O)OC(C)(C)C)CC4)cc3)c3nccn23)c1. The molecule has 3 heterocycles. The molecule has 0 aliphatic carbocycles. The number of piperidine rings is 1. The van der Waals surface area contributed by atoms with Crippen molar-refractivity contribution in [2.45, 2.75) is 52.1 Å². The predicted molar refractivity (Wildman–Crippen MR) is 143 cm³/mol. The summed E-state index contributed by atoms with van der Waals surface area (Å²) >= 11 is 0. The van der Waals surface area contributed by atoms with Gasteiger partial charge in [0, 0.05) is 36.7 Å². The Morgan fingerprint density at radius 1 is 1.06 bits per heavy atom. The Labute approximate surface area is 212 Å². The van der Waals surface area contributed by atoms with Crippen LogP contribution >= 0.6 is 0 Å². The molecule has 2 aromatic heterocycles. The number of carbonyl (C=O) groups is 1. The number of aromatic nitrogens is 3. The molecule has 0 radical (unpaired) electrons. The maximum absolute atomic E-state index is 12.3. The molecule has 36 heavy (non-hydrogen) atoms. The van der Waals surface area contributed by atoms with Crippen LogP contribution in [-0.2, 0) is 4.74 Å². The lowest BCUT2D eigenvalue weighted by Crippen LogP contribution is -2.41. The Bertz CT molecular complexity index is 1360. The van der Waals surface area contributed by atoms with E-state index in [4.69, 9.17) is 9.72 Å². The van der Waals surface area contributed by atoms with Gasteiger partial charge < -0.3 is 15.0 Å². The molecule has 1 amide bonds. The van der Waals surface area contributed by atoms with E-state index in [1.807, 2.05) is 38.1 Å². The second-order valence-electron chi connectivity index (χ2n) is 10.5. The number of benzene rings is 2. The van der Waals surface area contributed by atoms with Crippen molar-refractivity contribution in [2.24, 2.45) is 0 Å². The van der Waals surface area contributed by atoms with Crippen LogP contribution in [0.25, 0.3) is 16.9 Å². The minimum Gasteiger partial charge on any atom is -0.444 e. The number of ether oxygens (including phenoxy) is 1. The molecule has 2 aromatic carbocycles. The standard InChI is InChI=1S/C29H33N5O2/c1-20-6-5-7-23(18-20)25-19-31-26(27-30-14-17-34(25)27)32-24-10-8-21(9-11-24)22-12-15-33(16-13-22)28(35)36-29(2,3)4/h5-11,14,17-19,22H,12-13,15-16H2,1-4H3,(H,31,32). The molecule has 0 unspecified atom stereocenters. The molecular formula is C29H33N5O2. The molecule has 1 N–H and O–H groups in total. The fourth-order valence-corrected chi connectivity index (χ4v) is 4.72. The number of nitrogens with one attached hydrogen (secondary N) is 1. The van der Waals surface area contributed by atoms with E-state index in [1.165, 1.54) is 11.1 Å². The lowest BCUT2D eigenvalue weighted by molar-refractivity contribution is 0.0205. The second kappa shape index (κ2) is 9.64. The Balaban J connectivity index is 1.26. The van der Waals surface area contributed by atoms with Crippen molar-refractivity contribution in [3.05, 3.63) is 78.2 Å². The predicted octanol–water partition coefficient (Wildman–Crippen LogP) is 6.56. The molecule has 1 aliphatic heterocycles. The first kappa shape index (κ1) is 23.9. The summed E-state index contributed by atoms with van der Waals surface area (Å²) in [5.74, 6) is 1.15. The highest BCUT2D eigenvalue weighted by atomic mass is 16.6. The number of likely N-dealkylation sites (tertiary alicyclic amines) is 1. The van der Waals surface area contributed by atoms with E-state index in [2.05, 4.69) is 70.2 Å². The van der Waals surface area contributed by atoms with Crippen molar-refractivity contribution >= 4 is 23.2 Å². The molecule has 7 nitrogen and oxygen atoms in total. The molecular weight excluding hydrogens is 450 g/mol. The molecule has 1 fully saturated rings. The lowest BCUT2D eigenvalue weighted by Gasteiger charge is -2.33. The van der Waals surface area contributed by atoms with Crippen molar-refractivity contribution in [1.29, 1.82) is 0 Å². The van der Waals surface area contributed by atoms with Gasteiger partial charge in [0.2, 0.25) is 0 Å². The van der Waals surface area contributed by atoms with E-state index in [-0.39, 0.29) is 6.09 Å². The molecule has 0 atom stereocenters. The maximum Gasteiger partial charge on any atom is 0.410 e. The zero-order valence-electron chi connectivity index (χ0n) is 21.4. The number of fused-ring (bicyclic) bond motifs is 1. The third kappa shape index (κ3) is 5.20. The number of hydrogen-bond acceptors (Lipinski definition) is 5. The molecule has 186 valence electrons. The molecule has 1 aliphatic rings. The molecule has 0 saturated carbocycles. The average molecular weight is 484 g/mol. The van der Waals surface area contributed by atoms with Crippen LogP contribution in [0.15, 0.2) is 67.1 Å². The number of nitrogens with zero attached hydrogens (tertiary/aromatic N) is 4. The fraction of sp³-hybridized carbons (Fsp3) is 0.345. The van der Waals surface area contributed by atoms with Gasteiger partial charge in [0.15, 0.2) is 11.5 Å². The van der Waals surface area contributed by atoms with Crippen LogP contribution in [-0.4, -0.2) is 44.1 Å². The smallest absolute Gasteiger partial charge is 0.410 e. The minimum atomic E-state index is -0.464. The van der Waals surface area contributed by atoms with Gasteiger partial charge in [0.1, 0.15) is 5.60 Å². The summed E-state index contributed by atoms with van der Waals surface area (Å²) in [6.07, 6.45) is 7.30. The quantitative estimate of drug-likeness (QED) is 0.356. The van der Waals surface area contributed by atoms with Crippen LogP contribution in [0, 0.1) is 6.92 Å². The third-order valence-corrected chi connectivity index (χ3v) is 6.53. The van der Waals surface area contributed by atoms with Gasteiger partial charge in [-0.3, -0.25) is 4.40 Å². The zero-order chi connectivity index (χ0) is 25.3. The number of hydrogen-bond donors (Lipinski definition) is 1. The summed E-state index contributed by atoms with van der Waals surface area (Å²) in [4.78, 5) is 23.4. The van der Waals surface area contributed by atoms with Crippen molar-refractivity contribution in [1.82, 2.24) is 19.3 Å². The normalized spacial score (nSPS) is 14.7. The topological polar surface area (TPSA) is 71.8 Å². The van der Waals surface area contributed by atoms with Gasteiger partial charge in [0.25, 0.3) is 0 Å². The highest BCUT2D eigenvalue weighted by molar-refractivity contribution is 5.74. The number of imidazole rings is 1. The van der Waals surface area contributed by atoms with Gasteiger partial charge in [-0.05, 0) is 70.2 Å². The maximum atomic E-state index is 12.3. The molecule has 5 rings (SSSR count). The molecule has 7 heteroatoms. The van der Waals surface area contributed by atoms with Crippen LogP contribution in [0.2, 0.25) is 0 Å². The first-order chi connectivity index (χ1) is 17.3. The van der Waals surface area contributed by atoms with Gasteiger partial charge in [-0.2, -0.15) is 0 Å². The van der Waals surface area contributed by atoms with Crippen molar-refractivity contribution in [3.63, 3.8) is 0 Å². The van der Waals surface area contributed by atoms with E-state index < -0.39 is 5.60 Å². The van der Waals surface area contributed by atoms with Crippen LogP contribution < -0.4 is 5.32 Å². The Morgan fingerprint density at radius 2 is 1.81 bits per heavy atom. The van der Waals surface area contributed by atoms with Gasteiger partial charge in [-0.25, -0.2) is 14.8 Å². The summed E-state index contributed by atoms with van der Waals surface area (Å²) in [7, 11) is 0. The number of rotatable bonds is 4. The minimum absolute atomic E-state index is 0.216. The number of aryl methyl sites for hydroxylation is 1. The van der Waals surface area contributed by atoms with E-state index in [9.17, 15) is 4.79 Å². The summed E-state index contributed by atoms with van der Waals surface area (Å²) in [6.45, 7) is 9.23. The fourth-order valence-electron chi connectivity index (χ4n) is 4.72. The van der Waals surface area contributed by atoms with Gasteiger partial charge in [-0.15, -0.1) is 0 Å². The number of amides is 1. The van der Waals surface area contributed by atoms with Gasteiger partial charge in [0.05, 0.1) is 11.9 Å². The van der Waals surface area contributed by atoms with Crippen molar-refractivity contribution < 1.29 is 9.53 Å². The van der Waals surface area contributed by atoms with Crippen molar-refractivity contribution in [3.8, 4) is 11.3 Å². The summed E-state index contributed by atoms with van der Waals surface area (Å²) < 4.78 is 7.59. The highest BCUT2D eigenvalue weighted by Crippen LogP contribution is 2.31. The molecule has 0 spiro atoms. The molecule has 4 aromatic rings. The number of anilines is 2. The molecule has 0 bridgehead atoms. The zero-order valence-corrected chi connectivity index (χ0v) is 21.4. The first-order valence-electron chi connectivity index (χ1n) is 12.5. The van der Waals surface area contributed by atoms with Gasteiger partial charge >= 0.3 is 6.09 Å². The van der Waals surface area contributed by atoms with E-state index in [0.717, 1.165) is 41.3 Å². The monoisotopic (exact) mass is 483 g/mol. The van der Waals surface area contributed by atoms with Crippen molar-refractivity contribution in [2.75, 3.05) is 18.4 Å². The van der Waals surface area contributed by atoms with E-state index in [1.54, 1.807) is 6.20 Å². The average Bonchev–Trinajstić information content (AvgIpc) is 3.34. The Morgan fingerprint density at radius 3 is 2.50 bits per heavy atom. The third-order valence-electron chi connectivity index (χ3n) is 6.53. The Kier molecular flexibility index (Phi) is 6.39. The van der Waals surface area contributed by atoms with Crippen LogP contribution in [0.5, 0.6) is 0 Å². The first-order valence-corrected chi connectivity index (χ1v) is 12.5. The summed E-state index contributed by atoms with van der Waals surface area (Å²) in [6, 6.07) is 16.9. The summed E-state index contributed by atoms with van der Waals surface area (Å²) in [5, 5.41) is 3.43. The Hall–Kier alpha value is -3.87. The van der Waals surface area contributed by atoms with E-state index >= 15 is 0 Å².